The Bertz CT molecular complexity index is 654. The van der Waals surface area contributed by atoms with Crippen LogP contribution in [0.15, 0.2) is 35.7 Å². The van der Waals surface area contributed by atoms with Gasteiger partial charge in [-0.3, -0.25) is 9.59 Å². The lowest BCUT2D eigenvalue weighted by atomic mass is 10.1. The molecule has 1 fully saturated rings. The highest BCUT2D eigenvalue weighted by molar-refractivity contribution is 7.13. The van der Waals surface area contributed by atoms with Crippen LogP contribution in [0.5, 0.6) is 0 Å². The molecule has 1 unspecified atom stereocenters. The zero-order chi connectivity index (χ0) is 14.7. The van der Waals surface area contributed by atoms with E-state index in [1.165, 1.54) is 16.9 Å². The van der Waals surface area contributed by atoms with Crippen LogP contribution in [0.3, 0.4) is 0 Å². The fraction of sp³-hybridized carbons (Fsp3) is 0.267. The second-order valence-corrected chi connectivity index (χ2v) is 5.86. The third-order valence-electron chi connectivity index (χ3n) is 3.36. The normalized spacial score (nSPS) is 17.5. The van der Waals surface area contributed by atoms with Crippen LogP contribution >= 0.6 is 11.3 Å². The average Bonchev–Trinajstić information content (AvgIpc) is 3.09. The number of amides is 2. The quantitative estimate of drug-likeness (QED) is 0.904. The van der Waals surface area contributed by atoms with Crippen molar-refractivity contribution in [3.05, 3.63) is 47.0 Å². The molecule has 1 atom stereocenters. The predicted molar refractivity (Wildman–Crippen MR) is 81.1 cm³/mol. The van der Waals surface area contributed by atoms with Crippen molar-refractivity contribution in [1.29, 1.82) is 0 Å². The van der Waals surface area contributed by atoms with E-state index >= 15 is 0 Å². The summed E-state index contributed by atoms with van der Waals surface area (Å²) in [5.74, 6) is -0.507. The molecular formula is C15H15N3O2S. The summed E-state index contributed by atoms with van der Waals surface area (Å²) in [5, 5.41) is 7.98. The molecule has 108 valence electrons. The third-order valence-corrected chi connectivity index (χ3v) is 4.16. The van der Waals surface area contributed by atoms with E-state index in [-0.39, 0.29) is 24.2 Å². The van der Waals surface area contributed by atoms with Gasteiger partial charge in [0.15, 0.2) is 5.13 Å². The average molecular weight is 301 g/mol. The first kappa shape index (κ1) is 13.8. The molecule has 2 N–H and O–H groups in total. The Kier molecular flexibility index (Phi) is 3.96. The van der Waals surface area contributed by atoms with Crippen molar-refractivity contribution in [2.45, 2.75) is 12.8 Å². The number of carbonyl (C=O) groups is 2. The lowest BCUT2D eigenvalue weighted by Gasteiger charge is -2.05. The topological polar surface area (TPSA) is 71.1 Å². The second-order valence-electron chi connectivity index (χ2n) is 5.00. The first-order valence-corrected chi connectivity index (χ1v) is 7.64. The van der Waals surface area contributed by atoms with Crippen molar-refractivity contribution in [2.24, 2.45) is 5.92 Å². The van der Waals surface area contributed by atoms with Crippen molar-refractivity contribution < 1.29 is 9.59 Å². The molecule has 1 aliphatic heterocycles. The van der Waals surface area contributed by atoms with E-state index in [0.717, 1.165) is 12.1 Å². The van der Waals surface area contributed by atoms with Gasteiger partial charge in [0, 0.05) is 24.8 Å². The fourth-order valence-corrected chi connectivity index (χ4v) is 2.96. The second kappa shape index (κ2) is 6.05. The number of hydrogen-bond acceptors (Lipinski definition) is 4. The van der Waals surface area contributed by atoms with Crippen molar-refractivity contribution in [2.75, 3.05) is 11.9 Å². The Balaban J connectivity index is 1.60. The van der Waals surface area contributed by atoms with E-state index in [0.29, 0.717) is 11.7 Å². The third kappa shape index (κ3) is 3.46. The molecular weight excluding hydrogens is 286 g/mol. The van der Waals surface area contributed by atoms with Crippen molar-refractivity contribution >= 4 is 28.3 Å². The van der Waals surface area contributed by atoms with Gasteiger partial charge in [-0.1, -0.05) is 30.3 Å². The minimum Gasteiger partial charge on any atom is -0.355 e. The maximum absolute atomic E-state index is 12.0. The lowest BCUT2D eigenvalue weighted by molar-refractivity contribution is -0.123. The number of benzene rings is 1. The number of aromatic nitrogens is 1. The first-order chi connectivity index (χ1) is 10.2. The zero-order valence-corrected chi connectivity index (χ0v) is 12.2. The molecule has 2 heterocycles. The van der Waals surface area contributed by atoms with Gasteiger partial charge < -0.3 is 10.6 Å². The summed E-state index contributed by atoms with van der Waals surface area (Å²) in [6.07, 6.45) is 1.00. The molecule has 1 aromatic carbocycles. The number of thiazole rings is 1. The summed E-state index contributed by atoms with van der Waals surface area (Å²) in [7, 11) is 0. The number of carbonyl (C=O) groups excluding carboxylic acids is 2. The van der Waals surface area contributed by atoms with Gasteiger partial charge in [0.2, 0.25) is 11.8 Å². The monoisotopic (exact) mass is 301 g/mol. The van der Waals surface area contributed by atoms with Gasteiger partial charge in [0.1, 0.15) is 0 Å². The van der Waals surface area contributed by atoms with E-state index in [1.807, 2.05) is 35.7 Å². The van der Waals surface area contributed by atoms with Gasteiger partial charge in [0.25, 0.3) is 0 Å². The number of rotatable bonds is 4. The first-order valence-electron chi connectivity index (χ1n) is 6.76. The number of hydrogen-bond donors (Lipinski definition) is 2. The summed E-state index contributed by atoms with van der Waals surface area (Å²) in [6, 6.07) is 10.1. The predicted octanol–water partition coefficient (Wildman–Crippen LogP) is 1.81. The molecule has 1 aromatic heterocycles. The highest BCUT2D eigenvalue weighted by atomic mass is 32.1. The van der Waals surface area contributed by atoms with Crippen LogP contribution in [0, 0.1) is 5.92 Å². The molecule has 0 radical (unpaired) electrons. The lowest BCUT2D eigenvalue weighted by Crippen LogP contribution is -2.24. The summed E-state index contributed by atoms with van der Waals surface area (Å²) in [6.45, 7) is 0.410. The molecule has 6 heteroatoms. The van der Waals surface area contributed by atoms with Gasteiger partial charge in [-0.05, 0) is 5.56 Å². The maximum Gasteiger partial charge on any atom is 0.231 e. The largest absolute Gasteiger partial charge is 0.355 e. The highest BCUT2D eigenvalue weighted by Crippen LogP contribution is 2.20. The van der Waals surface area contributed by atoms with Gasteiger partial charge in [-0.15, -0.1) is 11.3 Å². The van der Waals surface area contributed by atoms with E-state index < -0.39 is 0 Å². The molecule has 0 saturated carbocycles. The summed E-state index contributed by atoms with van der Waals surface area (Å²) < 4.78 is 0. The fourth-order valence-electron chi connectivity index (χ4n) is 2.25. The van der Waals surface area contributed by atoms with E-state index in [1.54, 1.807) is 0 Å². The Labute approximate surface area is 126 Å². The van der Waals surface area contributed by atoms with Gasteiger partial charge in [0.05, 0.1) is 11.6 Å². The Morgan fingerprint density at radius 2 is 2.19 bits per heavy atom. The van der Waals surface area contributed by atoms with Crippen LogP contribution in [0.2, 0.25) is 0 Å². The summed E-state index contributed by atoms with van der Waals surface area (Å²) >= 11 is 1.41. The minimum absolute atomic E-state index is 0.0703. The number of nitrogens with zero attached hydrogens (tertiary/aromatic N) is 1. The van der Waals surface area contributed by atoms with E-state index in [4.69, 9.17) is 0 Å². The molecule has 0 spiro atoms. The highest BCUT2D eigenvalue weighted by Gasteiger charge is 2.28. The van der Waals surface area contributed by atoms with Crippen molar-refractivity contribution in [3.63, 3.8) is 0 Å². The van der Waals surface area contributed by atoms with Crippen LogP contribution in [0.25, 0.3) is 0 Å². The molecule has 0 bridgehead atoms. The Morgan fingerprint density at radius 3 is 2.90 bits per heavy atom. The van der Waals surface area contributed by atoms with Gasteiger partial charge in [-0.25, -0.2) is 4.98 Å². The molecule has 1 saturated heterocycles. The maximum atomic E-state index is 12.0. The molecule has 3 rings (SSSR count). The molecule has 1 aliphatic rings. The minimum atomic E-state index is -0.293. The molecule has 2 amide bonds. The molecule has 21 heavy (non-hydrogen) atoms. The number of anilines is 1. The van der Waals surface area contributed by atoms with Crippen LogP contribution in [0.4, 0.5) is 5.13 Å². The Morgan fingerprint density at radius 1 is 1.38 bits per heavy atom. The SMILES string of the molecule is O=C1CC(C(=O)Nc2nc(Cc3ccccc3)cs2)CN1. The van der Waals surface area contributed by atoms with Crippen molar-refractivity contribution in [3.8, 4) is 0 Å². The van der Waals surface area contributed by atoms with Crippen LogP contribution in [-0.2, 0) is 16.0 Å². The van der Waals surface area contributed by atoms with Gasteiger partial charge >= 0.3 is 0 Å². The van der Waals surface area contributed by atoms with Crippen LogP contribution in [-0.4, -0.2) is 23.3 Å². The van der Waals surface area contributed by atoms with Crippen molar-refractivity contribution in [1.82, 2.24) is 10.3 Å². The summed E-state index contributed by atoms with van der Waals surface area (Å²) in [4.78, 5) is 27.5. The standard InChI is InChI=1S/C15H15N3O2S/c19-13-7-11(8-16-13)14(20)18-15-17-12(9-21-15)6-10-4-2-1-3-5-10/h1-5,9,11H,6-8H2,(H,16,19)(H,17,18,20). The number of nitrogens with one attached hydrogen (secondary N) is 2. The van der Waals surface area contributed by atoms with E-state index in [9.17, 15) is 9.59 Å². The van der Waals surface area contributed by atoms with E-state index in [2.05, 4.69) is 15.6 Å². The molecule has 2 aromatic rings. The smallest absolute Gasteiger partial charge is 0.231 e. The summed E-state index contributed by atoms with van der Waals surface area (Å²) in [5.41, 5.74) is 2.12. The van der Waals surface area contributed by atoms with Gasteiger partial charge in [-0.2, -0.15) is 0 Å². The Hall–Kier alpha value is -2.21. The zero-order valence-electron chi connectivity index (χ0n) is 11.3. The van der Waals surface area contributed by atoms with Crippen LogP contribution in [0.1, 0.15) is 17.7 Å². The molecule has 0 aliphatic carbocycles. The molecule has 5 nitrogen and oxygen atoms in total. The van der Waals surface area contributed by atoms with Crippen LogP contribution < -0.4 is 10.6 Å².